The number of hydrogen-bond acceptors (Lipinski definition) is 5. The van der Waals surface area contributed by atoms with Gasteiger partial charge in [0.25, 0.3) is 5.24 Å². The number of fused-ring (bicyclic) bond motifs is 1. The van der Waals surface area contributed by atoms with Gasteiger partial charge in [0, 0.05) is 7.05 Å². The number of imide groups is 1. The number of aromatic nitrogens is 2. The first-order valence-electron chi connectivity index (χ1n) is 8.65. The third-order valence-electron chi connectivity index (χ3n) is 4.61. The standard InChI is InChI=1S/C20H19N3O3S/c1-12-3-8-15-16(9-12)23(2)18(21-15)11-26-14-6-4-13(5-7-14)10-17-19(24)22-20(25)27-17/h3-9,17H,10-11H2,1-2H3,(H,22,24,25). The van der Waals surface area contributed by atoms with Crippen molar-refractivity contribution in [3.63, 3.8) is 0 Å². The summed E-state index contributed by atoms with van der Waals surface area (Å²) in [6.45, 7) is 2.44. The lowest BCUT2D eigenvalue weighted by atomic mass is 10.1. The molecular formula is C20H19N3O3S. The van der Waals surface area contributed by atoms with Crippen molar-refractivity contribution in [2.45, 2.75) is 25.2 Å². The summed E-state index contributed by atoms with van der Waals surface area (Å²) in [4.78, 5) is 27.5. The summed E-state index contributed by atoms with van der Waals surface area (Å²) in [6, 6.07) is 13.8. The van der Waals surface area contributed by atoms with Crippen LogP contribution in [0.1, 0.15) is 17.0 Å². The van der Waals surface area contributed by atoms with Gasteiger partial charge >= 0.3 is 0 Å². The van der Waals surface area contributed by atoms with Crippen LogP contribution in [0.4, 0.5) is 4.79 Å². The first kappa shape index (κ1) is 17.6. The van der Waals surface area contributed by atoms with Crippen LogP contribution in [0.3, 0.4) is 0 Å². The molecule has 0 bridgehead atoms. The second-order valence-corrected chi connectivity index (χ2v) is 7.77. The van der Waals surface area contributed by atoms with E-state index in [0.717, 1.165) is 39.9 Å². The van der Waals surface area contributed by atoms with Crippen LogP contribution in [-0.4, -0.2) is 25.9 Å². The van der Waals surface area contributed by atoms with Crippen LogP contribution in [0, 0.1) is 6.92 Å². The second kappa shape index (κ2) is 7.08. The van der Waals surface area contributed by atoms with E-state index in [9.17, 15) is 9.59 Å². The summed E-state index contributed by atoms with van der Waals surface area (Å²) in [5.41, 5.74) is 4.23. The van der Waals surface area contributed by atoms with Gasteiger partial charge in [0.05, 0.1) is 16.3 Å². The Bertz CT molecular complexity index is 1030. The molecule has 0 saturated carbocycles. The highest BCUT2D eigenvalue weighted by Crippen LogP contribution is 2.24. The van der Waals surface area contributed by atoms with Gasteiger partial charge in [-0.05, 0) is 48.7 Å². The average molecular weight is 381 g/mol. The monoisotopic (exact) mass is 381 g/mol. The second-order valence-electron chi connectivity index (χ2n) is 6.60. The molecule has 0 aliphatic carbocycles. The highest BCUT2D eigenvalue weighted by Gasteiger charge is 2.31. The number of imidazole rings is 1. The highest BCUT2D eigenvalue weighted by atomic mass is 32.2. The molecule has 4 rings (SSSR count). The first-order valence-corrected chi connectivity index (χ1v) is 9.53. The maximum Gasteiger partial charge on any atom is 0.286 e. The number of hydrogen-bond donors (Lipinski definition) is 1. The number of rotatable bonds is 5. The Morgan fingerprint density at radius 1 is 1.19 bits per heavy atom. The number of benzene rings is 2. The van der Waals surface area contributed by atoms with Crippen LogP contribution in [0.2, 0.25) is 0 Å². The minimum absolute atomic E-state index is 0.220. The molecule has 138 valence electrons. The van der Waals surface area contributed by atoms with E-state index in [1.807, 2.05) is 41.9 Å². The summed E-state index contributed by atoms with van der Waals surface area (Å²) in [5, 5.41) is 1.68. The molecule has 2 aromatic carbocycles. The Hall–Kier alpha value is -2.80. The summed E-state index contributed by atoms with van der Waals surface area (Å²) in [6.07, 6.45) is 0.520. The van der Waals surface area contributed by atoms with Crippen molar-refractivity contribution < 1.29 is 14.3 Å². The SMILES string of the molecule is Cc1ccc2nc(COc3ccc(CC4SC(=O)NC4=O)cc3)n(C)c2c1. The summed E-state index contributed by atoms with van der Waals surface area (Å²) < 4.78 is 7.92. The molecule has 7 heteroatoms. The van der Waals surface area contributed by atoms with Crippen LogP contribution in [0.5, 0.6) is 5.75 Å². The van der Waals surface area contributed by atoms with Crippen molar-refractivity contribution in [3.05, 3.63) is 59.4 Å². The van der Waals surface area contributed by atoms with Crippen molar-refractivity contribution in [2.24, 2.45) is 7.05 Å². The summed E-state index contributed by atoms with van der Waals surface area (Å²) in [7, 11) is 1.99. The number of aryl methyl sites for hydroxylation is 2. The number of amides is 2. The van der Waals surface area contributed by atoms with Crippen molar-refractivity contribution in [3.8, 4) is 5.75 Å². The number of thioether (sulfide) groups is 1. The minimum Gasteiger partial charge on any atom is -0.486 e. The lowest BCUT2D eigenvalue weighted by Crippen LogP contribution is -2.25. The fourth-order valence-corrected chi connectivity index (χ4v) is 3.95. The van der Waals surface area contributed by atoms with E-state index in [1.54, 1.807) is 0 Å². The maximum atomic E-state index is 11.7. The molecule has 6 nitrogen and oxygen atoms in total. The highest BCUT2D eigenvalue weighted by molar-refractivity contribution is 8.15. The van der Waals surface area contributed by atoms with Gasteiger partial charge < -0.3 is 9.30 Å². The van der Waals surface area contributed by atoms with E-state index in [2.05, 4.69) is 29.4 Å². The Morgan fingerprint density at radius 3 is 2.67 bits per heavy atom. The zero-order chi connectivity index (χ0) is 19.0. The van der Waals surface area contributed by atoms with Crippen LogP contribution in [0.15, 0.2) is 42.5 Å². The molecule has 2 amide bonds. The maximum absolute atomic E-state index is 11.7. The Balaban J connectivity index is 1.41. The third kappa shape index (κ3) is 3.68. The molecule has 1 atom stereocenters. The Labute approximate surface area is 160 Å². The van der Waals surface area contributed by atoms with Gasteiger partial charge in [-0.1, -0.05) is 30.0 Å². The average Bonchev–Trinajstić information content (AvgIpc) is 3.13. The van der Waals surface area contributed by atoms with Crippen LogP contribution in [0.25, 0.3) is 11.0 Å². The van der Waals surface area contributed by atoms with Gasteiger partial charge in [0.1, 0.15) is 18.2 Å². The van der Waals surface area contributed by atoms with Crippen LogP contribution < -0.4 is 10.1 Å². The number of nitrogens with one attached hydrogen (secondary N) is 1. The number of ether oxygens (including phenoxy) is 1. The van der Waals surface area contributed by atoms with E-state index < -0.39 is 0 Å². The molecule has 3 aromatic rings. The lowest BCUT2D eigenvalue weighted by molar-refractivity contribution is -0.118. The predicted octanol–water partition coefficient (Wildman–Crippen LogP) is 3.35. The Kier molecular flexibility index (Phi) is 4.61. The van der Waals surface area contributed by atoms with Gasteiger partial charge in [-0.25, -0.2) is 4.98 Å². The van der Waals surface area contributed by atoms with Crippen molar-refractivity contribution in [1.82, 2.24) is 14.9 Å². The topological polar surface area (TPSA) is 73.2 Å². The van der Waals surface area contributed by atoms with E-state index in [1.165, 1.54) is 5.56 Å². The quantitative estimate of drug-likeness (QED) is 0.734. The molecule has 0 spiro atoms. The van der Waals surface area contributed by atoms with Gasteiger partial charge in [-0.2, -0.15) is 0 Å². The van der Waals surface area contributed by atoms with Crippen molar-refractivity contribution >= 4 is 33.9 Å². The lowest BCUT2D eigenvalue weighted by Gasteiger charge is -2.09. The largest absolute Gasteiger partial charge is 0.486 e. The van der Waals surface area contributed by atoms with Crippen molar-refractivity contribution in [2.75, 3.05) is 0 Å². The number of carbonyl (C=O) groups is 2. The normalized spacial score (nSPS) is 16.7. The zero-order valence-electron chi connectivity index (χ0n) is 15.1. The molecule has 27 heavy (non-hydrogen) atoms. The van der Waals surface area contributed by atoms with Crippen molar-refractivity contribution in [1.29, 1.82) is 0 Å². The van der Waals surface area contributed by atoms with E-state index in [-0.39, 0.29) is 16.4 Å². The summed E-state index contributed by atoms with van der Waals surface area (Å²) in [5.74, 6) is 1.38. The zero-order valence-corrected chi connectivity index (χ0v) is 15.9. The molecular weight excluding hydrogens is 362 g/mol. The molecule has 1 fully saturated rings. The molecule has 1 saturated heterocycles. The molecule has 2 heterocycles. The van der Waals surface area contributed by atoms with Crippen LogP contribution in [-0.2, 0) is 24.9 Å². The molecule has 0 radical (unpaired) electrons. The minimum atomic E-state index is -0.354. The number of nitrogens with zero attached hydrogens (tertiary/aromatic N) is 2. The third-order valence-corrected chi connectivity index (χ3v) is 5.59. The van der Waals surface area contributed by atoms with Gasteiger partial charge in [-0.15, -0.1) is 0 Å². The van der Waals surface area contributed by atoms with E-state index in [4.69, 9.17) is 4.74 Å². The predicted molar refractivity (Wildman–Crippen MR) is 105 cm³/mol. The fourth-order valence-electron chi connectivity index (χ4n) is 3.09. The molecule has 1 aliphatic heterocycles. The van der Waals surface area contributed by atoms with Gasteiger partial charge in [0.2, 0.25) is 5.91 Å². The van der Waals surface area contributed by atoms with Gasteiger partial charge in [-0.3, -0.25) is 14.9 Å². The fraction of sp³-hybridized carbons (Fsp3) is 0.250. The first-order chi connectivity index (χ1) is 13.0. The molecule has 1 aromatic heterocycles. The molecule has 1 N–H and O–H groups in total. The van der Waals surface area contributed by atoms with Crippen LogP contribution >= 0.6 is 11.8 Å². The van der Waals surface area contributed by atoms with E-state index >= 15 is 0 Å². The smallest absolute Gasteiger partial charge is 0.286 e. The number of carbonyl (C=O) groups excluding carboxylic acids is 2. The van der Waals surface area contributed by atoms with E-state index in [0.29, 0.717) is 13.0 Å². The molecule has 1 unspecified atom stereocenters. The summed E-state index contributed by atoms with van der Waals surface area (Å²) >= 11 is 1.04. The van der Waals surface area contributed by atoms with Gasteiger partial charge in [0.15, 0.2) is 0 Å². The molecule has 1 aliphatic rings. The Morgan fingerprint density at radius 2 is 1.96 bits per heavy atom.